The van der Waals surface area contributed by atoms with Crippen molar-refractivity contribution in [3.05, 3.63) is 65.4 Å². The van der Waals surface area contributed by atoms with Crippen molar-refractivity contribution in [1.82, 2.24) is 25.0 Å². The van der Waals surface area contributed by atoms with Crippen LogP contribution in [0.25, 0.3) is 0 Å². The van der Waals surface area contributed by atoms with E-state index in [1.54, 1.807) is 22.2 Å². The Balaban J connectivity index is 1.09. The van der Waals surface area contributed by atoms with Crippen LogP contribution in [0.5, 0.6) is 17.4 Å². The molecule has 2 fully saturated rings. The van der Waals surface area contributed by atoms with Crippen LogP contribution in [0.2, 0.25) is 0 Å². The fourth-order valence-corrected chi connectivity index (χ4v) is 6.75. The lowest BCUT2D eigenvalue weighted by Crippen LogP contribution is -2.65. The van der Waals surface area contributed by atoms with E-state index in [9.17, 15) is 14.0 Å². The Morgan fingerprint density at radius 2 is 1.87 bits per heavy atom. The molecule has 1 aliphatic carbocycles. The molecule has 1 saturated heterocycles. The van der Waals surface area contributed by atoms with Crippen LogP contribution < -0.4 is 14.4 Å². The molecule has 2 aromatic heterocycles. The van der Waals surface area contributed by atoms with Gasteiger partial charge in [-0.15, -0.1) is 5.10 Å². The van der Waals surface area contributed by atoms with Crippen molar-refractivity contribution in [3.8, 4) is 17.4 Å². The second-order valence-electron chi connectivity index (χ2n) is 14.0. The summed E-state index contributed by atoms with van der Waals surface area (Å²) in [5.74, 6) is 0.450. The van der Waals surface area contributed by atoms with Gasteiger partial charge in [0.15, 0.2) is 0 Å². The second-order valence-corrected chi connectivity index (χ2v) is 14.0. The van der Waals surface area contributed by atoms with Crippen LogP contribution in [0.3, 0.4) is 0 Å². The van der Waals surface area contributed by atoms with Crippen molar-refractivity contribution in [2.75, 3.05) is 31.1 Å². The Kier molecular flexibility index (Phi) is 8.71. The molecule has 1 spiro atoms. The Bertz CT molecular complexity index is 1650. The van der Waals surface area contributed by atoms with Crippen LogP contribution in [0.4, 0.5) is 14.9 Å². The molecule has 0 radical (unpaired) electrons. The number of ether oxygens (including phenoxy) is 3. The van der Waals surface area contributed by atoms with E-state index in [1.807, 2.05) is 53.7 Å². The topological polar surface area (TPSA) is 110 Å². The number of hydrogen-bond acceptors (Lipinski definition) is 9. The minimum Gasteiger partial charge on any atom is -0.490 e. The van der Waals surface area contributed by atoms with E-state index in [-0.39, 0.29) is 46.8 Å². The van der Waals surface area contributed by atoms with Gasteiger partial charge in [-0.1, -0.05) is 0 Å². The summed E-state index contributed by atoms with van der Waals surface area (Å²) in [5, 5.41) is 8.26. The average Bonchev–Trinajstić information content (AvgIpc) is 2.98. The molecule has 3 aliphatic rings. The van der Waals surface area contributed by atoms with Crippen molar-refractivity contribution in [2.24, 2.45) is 5.41 Å². The maximum atomic E-state index is 14.3. The number of carbonyl (C=O) groups is 2. The van der Waals surface area contributed by atoms with E-state index >= 15 is 0 Å². The third-order valence-electron chi connectivity index (χ3n) is 9.00. The molecule has 1 aromatic carbocycles. The van der Waals surface area contributed by atoms with Crippen molar-refractivity contribution < 1.29 is 28.2 Å². The number of hydrogen-bond donors (Lipinski definition) is 0. The summed E-state index contributed by atoms with van der Waals surface area (Å²) in [4.78, 5) is 36.2. The Morgan fingerprint density at radius 1 is 1.11 bits per heavy atom. The van der Waals surface area contributed by atoms with Crippen molar-refractivity contribution in [1.29, 1.82) is 0 Å². The number of pyridine rings is 1. The summed E-state index contributed by atoms with van der Waals surface area (Å²) in [5.41, 5.74) is 2.36. The zero-order valence-electron chi connectivity index (χ0n) is 28.0. The summed E-state index contributed by atoms with van der Waals surface area (Å²) < 4.78 is 32.5. The van der Waals surface area contributed by atoms with Gasteiger partial charge in [0.2, 0.25) is 0 Å². The van der Waals surface area contributed by atoms with Gasteiger partial charge in [-0.3, -0.25) is 9.78 Å². The van der Waals surface area contributed by atoms with E-state index < -0.39 is 11.4 Å². The number of aromatic nitrogens is 3. The number of benzene rings is 1. The predicted molar refractivity (Wildman–Crippen MR) is 173 cm³/mol. The highest BCUT2D eigenvalue weighted by Crippen LogP contribution is 2.52. The Labute approximate surface area is 275 Å². The van der Waals surface area contributed by atoms with Crippen LogP contribution in [-0.4, -0.2) is 80.9 Å². The molecule has 4 heterocycles. The first kappa shape index (κ1) is 32.5. The standard InChI is InChI=1S/C35H43FN6O5/c1-7-42(22(2)3)32(43)25-16-23(36)8-9-29(25)46-31-28(10-14-38-39-31)41-20-35(21-41)17-24(18-35)45-30-11-13-37-27-12-15-40(19-26(27)30)33(44)47-34(4,5)6/h8-11,13-14,16,22,24H,7,12,15,17-21H2,1-6H3. The second kappa shape index (κ2) is 12.6. The lowest BCUT2D eigenvalue weighted by Gasteiger charge is -2.59. The maximum Gasteiger partial charge on any atom is 0.410 e. The maximum absolute atomic E-state index is 14.3. The van der Waals surface area contributed by atoms with Gasteiger partial charge in [0.1, 0.15) is 34.7 Å². The van der Waals surface area contributed by atoms with Gasteiger partial charge in [0.25, 0.3) is 11.8 Å². The lowest BCUT2D eigenvalue weighted by atomic mass is 9.61. The largest absolute Gasteiger partial charge is 0.490 e. The molecule has 3 aromatic rings. The number of rotatable bonds is 8. The summed E-state index contributed by atoms with van der Waals surface area (Å²) in [6.07, 6.45) is 5.56. The first-order valence-electron chi connectivity index (χ1n) is 16.3. The summed E-state index contributed by atoms with van der Waals surface area (Å²) in [6, 6.07) is 7.62. The summed E-state index contributed by atoms with van der Waals surface area (Å²) in [6.45, 7) is 14.4. The minimum atomic E-state index is -0.561. The third kappa shape index (κ3) is 6.82. The number of carbonyl (C=O) groups excluding carboxylic acids is 2. The fourth-order valence-electron chi connectivity index (χ4n) is 6.75. The zero-order chi connectivity index (χ0) is 33.5. The molecule has 47 heavy (non-hydrogen) atoms. The molecular weight excluding hydrogens is 603 g/mol. The summed E-state index contributed by atoms with van der Waals surface area (Å²) >= 11 is 0. The predicted octanol–water partition coefficient (Wildman–Crippen LogP) is 6.01. The lowest BCUT2D eigenvalue weighted by molar-refractivity contribution is -0.0350. The highest BCUT2D eigenvalue weighted by molar-refractivity contribution is 5.97. The van der Waals surface area contributed by atoms with Crippen LogP contribution in [0.1, 0.15) is 76.0 Å². The van der Waals surface area contributed by atoms with Gasteiger partial charge in [0.05, 0.1) is 24.0 Å². The summed E-state index contributed by atoms with van der Waals surface area (Å²) in [7, 11) is 0. The third-order valence-corrected chi connectivity index (χ3v) is 9.00. The molecule has 2 aliphatic heterocycles. The van der Waals surface area contributed by atoms with E-state index in [0.29, 0.717) is 26.1 Å². The average molecular weight is 647 g/mol. The van der Waals surface area contributed by atoms with Gasteiger partial charge in [-0.2, -0.15) is 5.10 Å². The molecule has 0 N–H and O–H groups in total. The van der Waals surface area contributed by atoms with Gasteiger partial charge in [-0.05, 0) is 84.7 Å². The van der Waals surface area contributed by atoms with Crippen LogP contribution in [-0.2, 0) is 17.7 Å². The van der Waals surface area contributed by atoms with Gasteiger partial charge in [0, 0.05) is 55.8 Å². The zero-order valence-corrected chi connectivity index (χ0v) is 28.0. The molecule has 0 unspecified atom stereocenters. The first-order chi connectivity index (χ1) is 22.3. The van der Waals surface area contributed by atoms with Gasteiger partial charge < -0.3 is 28.9 Å². The fraction of sp³-hybridized carbons (Fsp3) is 0.514. The molecule has 250 valence electrons. The van der Waals surface area contributed by atoms with E-state index in [4.69, 9.17) is 14.2 Å². The molecule has 0 atom stereocenters. The molecule has 6 rings (SSSR count). The highest BCUT2D eigenvalue weighted by atomic mass is 19.1. The van der Waals surface area contributed by atoms with E-state index in [2.05, 4.69) is 20.1 Å². The number of amides is 2. The number of halogens is 1. The molecule has 11 nitrogen and oxygen atoms in total. The SMILES string of the molecule is CCN(C(=O)c1cc(F)ccc1Oc1nnccc1N1CC2(CC(Oc3ccnc4c3CN(C(=O)OC(C)(C)C)CC4)C2)C1)C(C)C. The monoisotopic (exact) mass is 646 g/mol. The smallest absolute Gasteiger partial charge is 0.410 e. The number of fused-ring (bicyclic) bond motifs is 1. The van der Waals surface area contributed by atoms with Crippen LogP contribution >= 0.6 is 0 Å². The van der Waals surface area contributed by atoms with Crippen LogP contribution in [0, 0.1) is 11.2 Å². The van der Waals surface area contributed by atoms with Gasteiger partial charge >= 0.3 is 6.09 Å². The highest BCUT2D eigenvalue weighted by Gasteiger charge is 2.54. The quantitative estimate of drug-likeness (QED) is 0.290. The Morgan fingerprint density at radius 3 is 2.57 bits per heavy atom. The van der Waals surface area contributed by atoms with Gasteiger partial charge in [-0.25, -0.2) is 9.18 Å². The molecule has 2 amide bonds. The number of anilines is 1. The van der Waals surface area contributed by atoms with Crippen LogP contribution in [0.15, 0.2) is 42.7 Å². The van der Waals surface area contributed by atoms with Crippen molar-refractivity contribution in [2.45, 2.75) is 85.1 Å². The molecular formula is C35H43FN6O5. The first-order valence-corrected chi connectivity index (χ1v) is 16.3. The molecule has 0 bridgehead atoms. The van der Waals surface area contributed by atoms with E-state index in [1.165, 1.54) is 18.2 Å². The van der Waals surface area contributed by atoms with Crippen molar-refractivity contribution in [3.63, 3.8) is 0 Å². The minimum absolute atomic E-state index is 0.0563. The van der Waals surface area contributed by atoms with Crippen molar-refractivity contribution >= 4 is 17.7 Å². The normalized spacial score (nSPS) is 17.1. The Hall–Kier alpha value is -4.48. The molecule has 1 saturated carbocycles. The molecule has 12 heteroatoms. The number of nitrogens with zero attached hydrogens (tertiary/aromatic N) is 6. The van der Waals surface area contributed by atoms with E-state index in [0.717, 1.165) is 48.6 Å².